The lowest BCUT2D eigenvalue weighted by Gasteiger charge is -2.37. The largest absolute Gasteiger partial charge is 0.472 e. The second-order valence-corrected chi connectivity index (χ2v) is 9.25. The van der Waals surface area contributed by atoms with Crippen LogP contribution in [0.15, 0.2) is 38.5 Å². The summed E-state index contributed by atoms with van der Waals surface area (Å²) in [6, 6.07) is 8.49. The minimum Gasteiger partial charge on any atom is -0.472 e. The molecule has 0 unspecified atom stereocenters. The van der Waals surface area contributed by atoms with Crippen LogP contribution in [-0.2, 0) is 10.0 Å². The van der Waals surface area contributed by atoms with E-state index in [0.717, 1.165) is 3.79 Å². The third-order valence-corrected chi connectivity index (χ3v) is 7.03. The molecule has 1 fully saturated rings. The molecule has 2 aromatic heterocycles. The number of sulfonamides is 1. The number of pyridine rings is 1. The van der Waals surface area contributed by atoms with Gasteiger partial charge in [0.05, 0.1) is 22.4 Å². The number of hydrogen-bond donors (Lipinski definition) is 0. The number of ether oxygens (including phenoxy) is 1. The van der Waals surface area contributed by atoms with Crippen LogP contribution in [-0.4, -0.2) is 36.9 Å². The molecule has 0 atom stereocenters. The van der Waals surface area contributed by atoms with Gasteiger partial charge in [0, 0.05) is 12.3 Å². The van der Waals surface area contributed by atoms with E-state index in [-0.39, 0.29) is 6.10 Å². The molecule has 1 aliphatic heterocycles. The van der Waals surface area contributed by atoms with E-state index >= 15 is 0 Å². The van der Waals surface area contributed by atoms with E-state index in [9.17, 15) is 8.42 Å². The van der Waals surface area contributed by atoms with Crippen LogP contribution >= 0.6 is 27.3 Å². The lowest BCUT2D eigenvalue weighted by molar-refractivity contribution is 0.0722. The molecule has 0 radical (unpaired) electrons. The maximum atomic E-state index is 12.3. The summed E-state index contributed by atoms with van der Waals surface area (Å²) >= 11 is 4.45. The topological polar surface area (TPSA) is 83.3 Å². The molecule has 1 aliphatic rings. The van der Waals surface area contributed by atoms with Gasteiger partial charge in [-0.3, -0.25) is 0 Å². The van der Waals surface area contributed by atoms with Gasteiger partial charge >= 0.3 is 0 Å². The summed E-state index contributed by atoms with van der Waals surface area (Å²) in [5.41, 5.74) is 0.452. The average Bonchev–Trinajstić information content (AvgIpc) is 2.90. The lowest BCUT2D eigenvalue weighted by atomic mass is 10.2. The van der Waals surface area contributed by atoms with Crippen molar-refractivity contribution in [3.05, 3.63) is 39.8 Å². The van der Waals surface area contributed by atoms with Gasteiger partial charge in [-0.25, -0.2) is 13.4 Å². The number of nitrogens with zero attached hydrogens (tertiary/aromatic N) is 3. The summed E-state index contributed by atoms with van der Waals surface area (Å²) in [6.07, 6.45) is 1.20. The van der Waals surface area contributed by atoms with Crippen molar-refractivity contribution in [2.75, 3.05) is 13.1 Å². The van der Waals surface area contributed by atoms with Gasteiger partial charge in [0.25, 0.3) is 10.0 Å². The van der Waals surface area contributed by atoms with Crippen molar-refractivity contribution >= 4 is 37.3 Å². The number of hydrogen-bond acceptors (Lipinski definition) is 6. The second kappa shape index (κ2) is 5.96. The molecular formula is C13H10BrN3O3S2. The van der Waals surface area contributed by atoms with Gasteiger partial charge in [0.2, 0.25) is 5.88 Å². The van der Waals surface area contributed by atoms with Crippen LogP contribution in [0, 0.1) is 11.3 Å². The van der Waals surface area contributed by atoms with Crippen molar-refractivity contribution in [1.82, 2.24) is 9.29 Å². The van der Waals surface area contributed by atoms with Gasteiger partial charge in [0.1, 0.15) is 16.4 Å². The molecule has 3 rings (SSSR count). The third kappa shape index (κ3) is 3.01. The van der Waals surface area contributed by atoms with Crippen molar-refractivity contribution in [3.8, 4) is 11.9 Å². The van der Waals surface area contributed by atoms with Crippen molar-refractivity contribution in [2.24, 2.45) is 0 Å². The standard InChI is InChI=1S/C13H10BrN3O3S2/c14-11-2-4-13(21-11)22(18,19)17-7-10(8-17)20-12-3-1-9(5-15)6-16-12/h1-4,6,10H,7-8H2. The van der Waals surface area contributed by atoms with Gasteiger partial charge in [-0.05, 0) is 34.1 Å². The Morgan fingerprint density at radius 1 is 1.36 bits per heavy atom. The quantitative estimate of drug-likeness (QED) is 0.786. The molecule has 3 heterocycles. The molecule has 0 aliphatic carbocycles. The van der Waals surface area contributed by atoms with Crippen LogP contribution < -0.4 is 4.74 Å². The molecule has 0 amide bonds. The fourth-order valence-electron chi connectivity index (χ4n) is 1.92. The zero-order chi connectivity index (χ0) is 15.7. The first kappa shape index (κ1) is 15.4. The summed E-state index contributed by atoms with van der Waals surface area (Å²) in [6.45, 7) is 0.582. The summed E-state index contributed by atoms with van der Waals surface area (Å²) in [5.74, 6) is 0.389. The highest BCUT2D eigenvalue weighted by Gasteiger charge is 2.39. The second-order valence-electron chi connectivity index (χ2n) is 4.62. The van der Waals surface area contributed by atoms with Crippen molar-refractivity contribution < 1.29 is 13.2 Å². The van der Waals surface area contributed by atoms with Gasteiger partial charge in [-0.2, -0.15) is 9.57 Å². The predicted octanol–water partition coefficient (Wildman–Crippen LogP) is 2.23. The normalized spacial score (nSPS) is 16.0. The number of thiophene rings is 1. The zero-order valence-electron chi connectivity index (χ0n) is 11.1. The molecule has 2 aromatic rings. The number of halogens is 1. The van der Waals surface area contributed by atoms with E-state index in [1.807, 2.05) is 6.07 Å². The fraction of sp³-hybridized carbons (Fsp3) is 0.231. The highest BCUT2D eigenvalue weighted by atomic mass is 79.9. The maximum Gasteiger partial charge on any atom is 0.252 e. The molecule has 0 bridgehead atoms. The lowest BCUT2D eigenvalue weighted by Crippen LogP contribution is -2.55. The van der Waals surface area contributed by atoms with Crippen molar-refractivity contribution in [1.29, 1.82) is 5.26 Å². The van der Waals surface area contributed by atoms with E-state index in [0.29, 0.717) is 28.7 Å². The molecule has 114 valence electrons. The first-order valence-corrected chi connectivity index (χ1v) is 9.32. The Balaban J connectivity index is 1.61. The number of aromatic nitrogens is 1. The Labute approximate surface area is 140 Å². The van der Waals surface area contributed by atoms with Crippen LogP contribution in [0.1, 0.15) is 5.56 Å². The average molecular weight is 400 g/mol. The van der Waals surface area contributed by atoms with Crippen molar-refractivity contribution in [2.45, 2.75) is 10.3 Å². The van der Waals surface area contributed by atoms with Gasteiger partial charge < -0.3 is 4.74 Å². The Bertz CT molecular complexity index is 821. The Kier molecular flexibility index (Phi) is 4.18. The van der Waals surface area contributed by atoms with E-state index in [1.54, 1.807) is 24.3 Å². The van der Waals surface area contributed by atoms with E-state index < -0.39 is 10.0 Å². The Morgan fingerprint density at radius 3 is 2.68 bits per heavy atom. The smallest absolute Gasteiger partial charge is 0.252 e. The Morgan fingerprint density at radius 2 is 2.14 bits per heavy atom. The molecule has 6 nitrogen and oxygen atoms in total. The highest BCUT2D eigenvalue weighted by Crippen LogP contribution is 2.31. The monoisotopic (exact) mass is 399 g/mol. The summed E-state index contributed by atoms with van der Waals surface area (Å²) in [5, 5.41) is 8.70. The minimum atomic E-state index is -3.44. The SMILES string of the molecule is N#Cc1ccc(OC2CN(S(=O)(=O)c3ccc(Br)s3)C2)nc1. The molecule has 9 heteroatoms. The molecule has 0 N–H and O–H groups in total. The zero-order valence-corrected chi connectivity index (χ0v) is 14.4. The minimum absolute atomic E-state index is 0.224. The van der Waals surface area contributed by atoms with Gasteiger partial charge in [-0.1, -0.05) is 0 Å². The van der Waals surface area contributed by atoms with E-state index in [4.69, 9.17) is 10.00 Å². The Hall–Kier alpha value is -1.47. The summed E-state index contributed by atoms with van der Waals surface area (Å²) in [7, 11) is -3.44. The third-order valence-electron chi connectivity index (χ3n) is 3.11. The molecule has 1 saturated heterocycles. The predicted molar refractivity (Wildman–Crippen MR) is 84.1 cm³/mol. The van der Waals surface area contributed by atoms with Crippen LogP contribution in [0.2, 0.25) is 0 Å². The fourth-order valence-corrected chi connectivity index (χ4v) is 5.59. The van der Waals surface area contributed by atoms with Gasteiger partial charge in [0.15, 0.2) is 0 Å². The van der Waals surface area contributed by atoms with Crippen LogP contribution in [0.4, 0.5) is 0 Å². The summed E-state index contributed by atoms with van der Waals surface area (Å²) in [4.78, 5) is 4.00. The molecular weight excluding hydrogens is 390 g/mol. The molecule has 22 heavy (non-hydrogen) atoms. The van der Waals surface area contributed by atoms with Crippen LogP contribution in [0.5, 0.6) is 5.88 Å². The number of rotatable bonds is 4. The molecule has 0 spiro atoms. The first-order valence-electron chi connectivity index (χ1n) is 6.27. The van der Waals surface area contributed by atoms with Gasteiger partial charge in [-0.15, -0.1) is 11.3 Å². The highest BCUT2D eigenvalue weighted by molar-refractivity contribution is 9.11. The molecule has 0 aromatic carbocycles. The van der Waals surface area contributed by atoms with Crippen LogP contribution in [0.25, 0.3) is 0 Å². The first-order chi connectivity index (χ1) is 10.5. The maximum absolute atomic E-state index is 12.3. The molecule has 0 saturated carbocycles. The van der Waals surface area contributed by atoms with Crippen molar-refractivity contribution in [3.63, 3.8) is 0 Å². The van der Waals surface area contributed by atoms with E-state index in [1.165, 1.54) is 21.8 Å². The van der Waals surface area contributed by atoms with Crippen LogP contribution in [0.3, 0.4) is 0 Å². The van der Waals surface area contributed by atoms with E-state index in [2.05, 4.69) is 20.9 Å². The summed E-state index contributed by atoms with van der Waals surface area (Å²) < 4.78 is 32.7. The number of nitriles is 1.